The number of H-pyrrole nitrogens is 1. The summed E-state index contributed by atoms with van der Waals surface area (Å²) in [6.07, 6.45) is 2.47. The highest BCUT2D eigenvalue weighted by atomic mass is 16.1. The lowest BCUT2D eigenvalue weighted by Crippen LogP contribution is -2.37. The molecule has 1 unspecified atom stereocenters. The number of benzene rings is 3. The minimum absolute atomic E-state index is 0.0379. The Hall–Kier alpha value is -3.44. The van der Waals surface area contributed by atoms with Gasteiger partial charge in [-0.05, 0) is 80.7 Å². The second-order valence-corrected chi connectivity index (χ2v) is 9.11. The van der Waals surface area contributed by atoms with E-state index in [-0.39, 0.29) is 11.9 Å². The molecule has 33 heavy (non-hydrogen) atoms. The topological polar surface area (TPSA) is 61.0 Å². The Morgan fingerprint density at radius 1 is 1.00 bits per heavy atom. The SMILES string of the molecule is Cc1cccc(C(CN2CCCC2)NC(=O)c2cccc(-c3ccc4n[nH]c(C)c4c3)c2)c1. The Morgan fingerprint density at radius 3 is 2.61 bits per heavy atom. The van der Waals surface area contributed by atoms with Gasteiger partial charge in [0.1, 0.15) is 0 Å². The van der Waals surface area contributed by atoms with Crippen LogP contribution in [0.5, 0.6) is 0 Å². The van der Waals surface area contributed by atoms with Gasteiger partial charge < -0.3 is 10.2 Å². The zero-order valence-corrected chi connectivity index (χ0v) is 19.3. The quantitative estimate of drug-likeness (QED) is 0.423. The van der Waals surface area contributed by atoms with Gasteiger partial charge in [0.15, 0.2) is 0 Å². The van der Waals surface area contributed by atoms with E-state index in [2.05, 4.69) is 69.8 Å². The van der Waals surface area contributed by atoms with Crippen molar-refractivity contribution < 1.29 is 4.79 Å². The van der Waals surface area contributed by atoms with Crippen LogP contribution >= 0.6 is 0 Å². The molecule has 5 rings (SSSR count). The molecular formula is C28H30N4O. The Bertz CT molecular complexity index is 1290. The summed E-state index contributed by atoms with van der Waals surface area (Å²) >= 11 is 0. The number of nitrogens with zero attached hydrogens (tertiary/aromatic N) is 2. The van der Waals surface area contributed by atoms with Crippen LogP contribution < -0.4 is 5.32 Å². The van der Waals surface area contributed by atoms with E-state index < -0.39 is 0 Å². The molecule has 4 aromatic rings. The van der Waals surface area contributed by atoms with Crippen LogP contribution in [0.1, 0.15) is 46.1 Å². The number of rotatable bonds is 6. The molecule has 1 saturated heterocycles. The molecule has 5 heteroatoms. The maximum atomic E-state index is 13.4. The molecule has 0 bridgehead atoms. The third-order valence-electron chi connectivity index (χ3n) is 6.59. The van der Waals surface area contributed by atoms with Crippen molar-refractivity contribution >= 4 is 16.8 Å². The molecule has 2 N–H and O–H groups in total. The van der Waals surface area contributed by atoms with E-state index in [9.17, 15) is 4.79 Å². The summed E-state index contributed by atoms with van der Waals surface area (Å²) < 4.78 is 0. The van der Waals surface area contributed by atoms with E-state index >= 15 is 0 Å². The monoisotopic (exact) mass is 438 g/mol. The van der Waals surface area contributed by atoms with Crippen LogP contribution in [0.4, 0.5) is 0 Å². The largest absolute Gasteiger partial charge is 0.344 e. The molecule has 0 aliphatic carbocycles. The van der Waals surface area contributed by atoms with Gasteiger partial charge in [0, 0.05) is 23.2 Å². The van der Waals surface area contributed by atoms with E-state index in [1.54, 1.807) is 0 Å². The van der Waals surface area contributed by atoms with Crippen LogP contribution in [0, 0.1) is 13.8 Å². The number of likely N-dealkylation sites (tertiary alicyclic amines) is 1. The lowest BCUT2D eigenvalue weighted by Gasteiger charge is -2.25. The zero-order valence-electron chi connectivity index (χ0n) is 19.3. The number of carbonyl (C=O) groups is 1. The number of fused-ring (bicyclic) bond motifs is 1. The summed E-state index contributed by atoms with van der Waals surface area (Å²) in [6.45, 7) is 7.16. The van der Waals surface area contributed by atoms with Gasteiger partial charge in [-0.15, -0.1) is 0 Å². The minimum Gasteiger partial charge on any atom is -0.344 e. The molecule has 3 aromatic carbocycles. The van der Waals surface area contributed by atoms with E-state index in [4.69, 9.17) is 0 Å². The first kappa shape index (κ1) is 21.4. The molecule has 1 aromatic heterocycles. The van der Waals surface area contributed by atoms with Gasteiger partial charge in [0.05, 0.1) is 11.6 Å². The molecule has 1 fully saturated rings. The normalized spacial score (nSPS) is 15.1. The predicted octanol–water partition coefficient (Wildman–Crippen LogP) is 5.41. The average molecular weight is 439 g/mol. The molecule has 0 spiro atoms. The lowest BCUT2D eigenvalue weighted by molar-refractivity contribution is 0.0927. The smallest absolute Gasteiger partial charge is 0.251 e. The van der Waals surface area contributed by atoms with Crippen LogP contribution in [0.25, 0.3) is 22.0 Å². The number of aromatic amines is 1. The third-order valence-corrected chi connectivity index (χ3v) is 6.59. The molecule has 0 radical (unpaired) electrons. The van der Waals surface area contributed by atoms with E-state index in [0.29, 0.717) is 5.56 Å². The molecule has 1 amide bonds. The number of hydrogen-bond donors (Lipinski definition) is 2. The third kappa shape index (κ3) is 4.69. The molecule has 1 atom stereocenters. The highest BCUT2D eigenvalue weighted by molar-refractivity contribution is 5.96. The number of hydrogen-bond acceptors (Lipinski definition) is 3. The number of aryl methyl sites for hydroxylation is 2. The van der Waals surface area contributed by atoms with Gasteiger partial charge in [0.25, 0.3) is 5.91 Å². The van der Waals surface area contributed by atoms with Crippen LogP contribution in [0.3, 0.4) is 0 Å². The highest BCUT2D eigenvalue weighted by Crippen LogP contribution is 2.26. The lowest BCUT2D eigenvalue weighted by atomic mass is 10.00. The maximum Gasteiger partial charge on any atom is 0.251 e. The van der Waals surface area contributed by atoms with Crippen LogP contribution in [-0.2, 0) is 0 Å². The van der Waals surface area contributed by atoms with Crippen molar-refractivity contribution in [2.24, 2.45) is 0 Å². The van der Waals surface area contributed by atoms with Crippen molar-refractivity contribution in [3.63, 3.8) is 0 Å². The van der Waals surface area contributed by atoms with Gasteiger partial charge >= 0.3 is 0 Å². The van der Waals surface area contributed by atoms with Crippen molar-refractivity contribution in [1.82, 2.24) is 20.4 Å². The van der Waals surface area contributed by atoms with Crippen LogP contribution in [0.15, 0.2) is 66.7 Å². The van der Waals surface area contributed by atoms with Gasteiger partial charge in [0.2, 0.25) is 0 Å². The molecular weight excluding hydrogens is 408 g/mol. The Labute approximate surface area is 194 Å². The number of carbonyl (C=O) groups excluding carboxylic acids is 1. The standard InChI is InChI=1S/C28H30N4O/c1-19-7-5-9-23(15-19)27(18-32-13-3-4-14-32)29-28(33)24-10-6-8-21(16-24)22-11-12-26-25(17-22)20(2)30-31-26/h5-12,15-17,27H,3-4,13-14,18H2,1-2H3,(H,29,33)(H,30,31). The van der Waals surface area contributed by atoms with Crippen LogP contribution in [0.2, 0.25) is 0 Å². The summed E-state index contributed by atoms with van der Waals surface area (Å²) in [5, 5.41) is 11.8. The highest BCUT2D eigenvalue weighted by Gasteiger charge is 2.21. The predicted molar refractivity (Wildman–Crippen MR) is 133 cm³/mol. The second-order valence-electron chi connectivity index (χ2n) is 9.11. The first-order valence-corrected chi connectivity index (χ1v) is 11.7. The Balaban J connectivity index is 1.40. The number of aromatic nitrogens is 2. The van der Waals surface area contributed by atoms with Crippen molar-refractivity contribution in [2.75, 3.05) is 19.6 Å². The fourth-order valence-electron chi connectivity index (χ4n) is 4.74. The molecule has 2 heterocycles. The van der Waals surface area contributed by atoms with Crippen molar-refractivity contribution in [3.05, 3.63) is 89.1 Å². The summed E-state index contributed by atoms with van der Waals surface area (Å²) in [5.74, 6) is -0.0388. The Kier molecular flexibility index (Phi) is 5.97. The Morgan fingerprint density at radius 2 is 1.79 bits per heavy atom. The first-order valence-electron chi connectivity index (χ1n) is 11.7. The number of amides is 1. The van der Waals surface area contributed by atoms with Crippen LogP contribution in [-0.4, -0.2) is 40.6 Å². The summed E-state index contributed by atoms with van der Waals surface area (Å²) in [5.41, 5.74) is 7.14. The molecule has 0 saturated carbocycles. The maximum absolute atomic E-state index is 13.4. The van der Waals surface area contributed by atoms with E-state index in [1.165, 1.54) is 18.4 Å². The summed E-state index contributed by atoms with van der Waals surface area (Å²) in [7, 11) is 0. The fourth-order valence-corrected chi connectivity index (χ4v) is 4.74. The van der Waals surface area contributed by atoms with Gasteiger partial charge in [-0.2, -0.15) is 5.10 Å². The van der Waals surface area contributed by atoms with Crippen molar-refractivity contribution in [1.29, 1.82) is 0 Å². The number of nitrogens with one attached hydrogen (secondary N) is 2. The first-order chi connectivity index (χ1) is 16.1. The van der Waals surface area contributed by atoms with Crippen molar-refractivity contribution in [2.45, 2.75) is 32.7 Å². The average Bonchev–Trinajstić information content (AvgIpc) is 3.48. The molecule has 168 valence electrons. The minimum atomic E-state index is -0.0388. The summed E-state index contributed by atoms with van der Waals surface area (Å²) in [6, 6.07) is 22.5. The van der Waals surface area contributed by atoms with Crippen molar-refractivity contribution in [3.8, 4) is 11.1 Å². The van der Waals surface area contributed by atoms with Gasteiger partial charge in [-0.25, -0.2) is 0 Å². The molecule has 1 aliphatic rings. The molecule has 1 aliphatic heterocycles. The van der Waals surface area contributed by atoms with Gasteiger partial charge in [-0.3, -0.25) is 9.89 Å². The summed E-state index contributed by atoms with van der Waals surface area (Å²) in [4.78, 5) is 15.8. The second kappa shape index (κ2) is 9.20. The van der Waals surface area contributed by atoms with E-state index in [0.717, 1.165) is 52.9 Å². The zero-order chi connectivity index (χ0) is 22.8. The fraction of sp³-hybridized carbons (Fsp3) is 0.286. The van der Waals surface area contributed by atoms with E-state index in [1.807, 2.05) is 31.2 Å². The van der Waals surface area contributed by atoms with Gasteiger partial charge in [-0.1, -0.05) is 48.0 Å². The molecule has 5 nitrogen and oxygen atoms in total.